The summed E-state index contributed by atoms with van der Waals surface area (Å²) in [6.45, 7) is 2.88. The zero-order valence-electron chi connectivity index (χ0n) is 12.3. The molecule has 0 aromatic carbocycles. The largest absolute Gasteiger partial charge is 0.365 e. The summed E-state index contributed by atoms with van der Waals surface area (Å²) in [6, 6.07) is 1.39. The minimum atomic E-state index is -0.531. The second-order valence-electron chi connectivity index (χ2n) is 5.65. The lowest BCUT2D eigenvalue weighted by Gasteiger charge is -2.36. The third-order valence-corrected chi connectivity index (χ3v) is 4.53. The van der Waals surface area contributed by atoms with E-state index in [-0.39, 0.29) is 17.5 Å². The number of piperidine rings is 1. The summed E-state index contributed by atoms with van der Waals surface area (Å²) in [4.78, 5) is 20.3. The lowest BCUT2D eigenvalue weighted by atomic mass is 10.1. The first-order valence-corrected chi connectivity index (χ1v) is 8.41. The number of anilines is 1. The standard InChI is InChI=1S/C15H19BrFN3O2/c16-11-8-12(17)14(18-9-11)20-6-7-22-13(10-20)15(21)19-4-2-1-3-5-19/h8-9,13H,1-7,10H2. The lowest BCUT2D eigenvalue weighted by Crippen LogP contribution is -2.52. The van der Waals surface area contributed by atoms with Crippen LogP contribution in [0.3, 0.4) is 0 Å². The molecule has 3 heterocycles. The van der Waals surface area contributed by atoms with E-state index < -0.39 is 6.10 Å². The Morgan fingerprint density at radius 2 is 2.09 bits per heavy atom. The van der Waals surface area contributed by atoms with Crippen LogP contribution in [0.25, 0.3) is 0 Å². The maximum atomic E-state index is 14.0. The number of carbonyl (C=O) groups excluding carboxylic acids is 1. The first kappa shape index (κ1) is 15.7. The molecule has 0 radical (unpaired) electrons. The van der Waals surface area contributed by atoms with Crippen LogP contribution >= 0.6 is 15.9 Å². The van der Waals surface area contributed by atoms with Gasteiger partial charge in [-0.25, -0.2) is 9.37 Å². The molecule has 3 rings (SSSR count). The van der Waals surface area contributed by atoms with E-state index in [9.17, 15) is 9.18 Å². The van der Waals surface area contributed by atoms with Gasteiger partial charge in [-0.1, -0.05) is 0 Å². The molecular formula is C15H19BrFN3O2. The van der Waals surface area contributed by atoms with Crippen LogP contribution in [0.1, 0.15) is 19.3 Å². The average Bonchev–Trinajstić information content (AvgIpc) is 2.55. The molecule has 0 bridgehead atoms. The fourth-order valence-electron chi connectivity index (χ4n) is 2.95. The van der Waals surface area contributed by atoms with Gasteiger partial charge in [-0.15, -0.1) is 0 Å². The Hall–Kier alpha value is -1.21. The van der Waals surface area contributed by atoms with Crippen molar-refractivity contribution in [3.8, 4) is 0 Å². The van der Waals surface area contributed by atoms with Gasteiger partial charge in [0.05, 0.1) is 13.2 Å². The topological polar surface area (TPSA) is 45.7 Å². The molecule has 0 spiro atoms. The Morgan fingerprint density at radius 1 is 1.32 bits per heavy atom. The van der Waals surface area contributed by atoms with Crippen LogP contribution in [-0.4, -0.2) is 54.7 Å². The molecule has 0 saturated carbocycles. The highest BCUT2D eigenvalue weighted by molar-refractivity contribution is 9.10. The minimum absolute atomic E-state index is 0.0157. The summed E-state index contributed by atoms with van der Waals surface area (Å²) in [5, 5.41) is 0. The van der Waals surface area contributed by atoms with E-state index in [4.69, 9.17) is 4.74 Å². The van der Waals surface area contributed by atoms with Gasteiger partial charge >= 0.3 is 0 Å². The second-order valence-corrected chi connectivity index (χ2v) is 6.57. The molecule has 2 aliphatic rings. The number of carbonyl (C=O) groups is 1. The zero-order chi connectivity index (χ0) is 15.5. The summed E-state index contributed by atoms with van der Waals surface area (Å²) in [5.74, 6) is -0.0923. The number of ether oxygens (including phenoxy) is 1. The summed E-state index contributed by atoms with van der Waals surface area (Å²) < 4.78 is 20.3. The third-order valence-electron chi connectivity index (χ3n) is 4.10. The predicted octanol–water partition coefficient (Wildman–Crippen LogP) is 2.20. The van der Waals surface area contributed by atoms with Gasteiger partial charge in [0.1, 0.15) is 0 Å². The van der Waals surface area contributed by atoms with E-state index in [1.807, 2.05) is 4.90 Å². The molecule has 1 unspecified atom stereocenters. The molecule has 2 aliphatic heterocycles. The number of rotatable bonds is 2. The van der Waals surface area contributed by atoms with Crippen LogP contribution in [0.5, 0.6) is 0 Å². The highest BCUT2D eigenvalue weighted by Crippen LogP contribution is 2.23. The smallest absolute Gasteiger partial charge is 0.253 e. The SMILES string of the molecule is O=C(C1CN(c2ncc(Br)cc2F)CCO1)N1CCCCC1. The van der Waals surface area contributed by atoms with Gasteiger partial charge in [-0.2, -0.15) is 0 Å². The first-order valence-electron chi connectivity index (χ1n) is 7.61. The molecular weight excluding hydrogens is 353 g/mol. The van der Waals surface area contributed by atoms with Crippen LogP contribution in [0.15, 0.2) is 16.7 Å². The summed E-state index contributed by atoms with van der Waals surface area (Å²) in [6.07, 6.45) is 4.30. The maximum Gasteiger partial charge on any atom is 0.253 e. The molecule has 120 valence electrons. The van der Waals surface area contributed by atoms with Gasteiger partial charge in [0.25, 0.3) is 5.91 Å². The van der Waals surface area contributed by atoms with Gasteiger partial charge in [0, 0.05) is 30.3 Å². The molecule has 0 N–H and O–H groups in total. The number of pyridine rings is 1. The number of likely N-dealkylation sites (tertiary alicyclic amines) is 1. The van der Waals surface area contributed by atoms with E-state index in [1.54, 1.807) is 11.1 Å². The average molecular weight is 372 g/mol. The highest BCUT2D eigenvalue weighted by Gasteiger charge is 2.32. The maximum absolute atomic E-state index is 14.0. The minimum Gasteiger partial charge on any atom is -0.365 e. The molecule has 1 aromatic heterocycles. The van der Waals surface area contributed by atoms with Crippen LogP contribution in [0.4, 0.5) is 10.2 Å². The molecule has 5 nitrogen and oxygen atoms in total. The summed E-state index contributed by atoms with van der Waals surface area (Å²) in [7, 11) is 0. The van der Waals surface area contributed by atoms with Gasteiger partial charge in [0.2, 0.25) is 0 Å². The van der Waals surface area contributed by atoms with Crippen molar-refractivity contribution in [3.05, 3.63) is 22.6 Å². The monoisotopic (exact) mass is 371 g/mol. The van der Waals surface area contributed by atoms with Crippen molar-refractivity contribution in [1.82, 2.24) is 9.88 Å². The van der Waals surface area contributed by atoms with Gasteiger partial charge in [-0.05, 0) is 41.3 Å². The van der Waals surface area contributed by atoms with Gasteiger partial charge in [0.15, 0.2) is 17.7 Å². The Morgan fingerprint density at radius 3 is 2.82 bits per heavy atom. The van der Waals surface area contributed by atoms with Crippen LogP contribution in [0.2, 0.25) is 0 Å². The van der Waals surface area contributed by atoms with Crippen molar-refractivity contribution in [2.45, 2.75) is 25.4 Å². The molecule has 7 heteroatoms. The first-order chi connectivity index (χ1) is 10.6. The van der Waals surface area contributed by atoms with Gasteiger partial charge < -0.3 is 14.5 Å². The molecule has 2 saturated heterocycles. The molecule has 0 aliphatic carbocycles. The Kier molecular flexibility index (Phi) is 4.93. The number of amides is 1. The number of aromatic nitrogens is 1. The lowest BCUT2D eigenvalue weighted by molar-refractivity contribution is -0.145. The van der Waals surface area contributed by atoms with Crippen molar-refractivity contribution in [3.63, 3.8) is 0 Å². The van der Waals surface area contributed by atoms with Crippen molar-refractivity contribution < 1.29 is 13.9 Å². The fraction of sp³-hybridized carbons (Fsp3) is 0.600. The zero-order valence-corrected chi connectivity index (χ0v) is 13.9. The van der Waals surface area contributed by atoms with Crippen molar-refractivity contribution >= 4 is 27.7 Å². The van der Waals surface area contributed by atoms with E-state index in [2.05, 4.69) is 20.9 Å². The van der Waals surface area contributed by atoms with E-state index in [1.165, 1.54) is 12.5 Å². The molecule has 1 aromatic rings. The van der Waals surface area contributed by atoms with E-state index in [0.717, 1.165) is 25.9 Å². The van der Waals surface area contributed by atoms with Crippen molar-refractivity contribution in [2.24, 2.45) is 0 Å². The normalized spacial score (nSPS) is 22.7. The second kappa shape index (κ2) is 6.91. The van der Waals surface area contributed by atoms with Gasteiger partial charge in [-0.3, -0.25) is 4.79 Å². The van der Waals surface area contributed by atoms with Crippen LogP contribution in [0, 0.1) is 5.82 Å². The number of morpholine rings is 1. The molecule has 1 amide bonds. The summed E-state index contributed by atoms with van der Waals surface area (Å²) >= 11 is 3.20. The number of hydrogen-bond donors (Lipinski definition) is 0. The Labute approximate surface area is 137 Å². The van der Waals surface area contributed by atoms with Crippen molar-refractivity contribution in [1.29, 1.82) is 0 Å². The van der Waals surface area contributed by atoms with E-state index in [0.29, 0.717) is 24.2 Å². The fourth-order valence-corrected chi connectivity index (χ4v) is 3.25. The quantitative estimate of drug-likeness (QED) is 0.799. The summed E-state index contributed by atoms with van der Waals surface area (Å²) in [5.41, 5.74) is 0. The number of halogens is 2. The number of hydrogen-bond acceptors (Lipinski definition) is 4. The number of nitrogens with zero attached hydrogens (tertiary/aromatic N) is 3. The van der Waals surface area contributed by atoms with Crippen molar-refractivity contribution in [2.75, 3.05) is 37.7 Å². The third kappa shape index (κ3) is 3.41. The predicted molar refractivity (Wildman–Crippen MR) is 84.3 cm³/mol. The molecule has 1 atom stereocenters. The molecule has 2 fully saturated rings. The van der Waals surface area contributed by atoms with E-state index >= 15 is 0 Å². The highest BCUT2D eigenvalue weighted by atomic mass is 79.9. The van der Waals surface area contributed by atoms with Crippen LogP contribution in [-0.2, 0) is 9.53 Å². The van der Waals surface area contributed by atoms with Crippen LogP contribution < -0.4 is 4.90 Å². The Bertz CT molecular complexity index is 552. The Balaban J connectivity index is 1.69. The molecule has 22 heavy (non-hydrogen) atoms.